The first-order chi connectivity index (χ1) is 18.9. The normalized spacial score (nSPS) is 23.7. The predicted octanol–water partition coefficient (Wildman–Crippen LogP) is 7.18. The Bertz CT molecular complexity index is 1100. The first kappa shape index (κ1) is 28.4. The van der Waals surface area contributed by atoms with Crippen LogP contribution in [0.3, 0.4) is 0 Å². The minimum absolute atomic E-state index is 0.0366. The fraction of sp³-hybridized carbons (Fsp3) is 0.645. The molecule has 0 spiro atoms. The van der Waals surface area contributed by atoms with Gasteiger partial charge in [-0.25, -0.2) is 0 Å². The maximum Gasteiger partial charge on any atom is 0.232 e. The molecule has 3 fully saturated rings. The molecule has 2 aromatic rings. The number of rotatable bonds is 6. The number of benzene rings is 1. The van der Waals surface area contributed by atoms with E-state index in [0.717, 1.165) is 62.2 Å². The molecule has 2 N–H and O–H groups in total. The minimum Gasteiger partial charge on any atom is -0.361 e. The SMILES string of the molecule is CC1CC(C)CN(c2cc(N3CCCCCC3)nc(NC(=S)NCC3(c4cccc(Cl)c4)CCCCC3)n2)C1. The molecular weight excluding hydrogens is 524 g/mol. The van der Waals surface area contributed by atoms with Gasteiger partial charge in [-0.3, -0.25) is 0 Å². The van der Waals surface area contributed by atoms with E-state index in [1.807, 2.05) is 6.07 Å². The van der Waals surface area contributed by atoms with Gasteiger partial charge in [0.15, 0.2) is 5.11 Å². The minimum atomic E-state index is 0.0366. The molecule has 2 saturated heterocycles. The van der Waals surface area contributed by atoms with Crippen molar-refractivity contribution in [2.24, 2.45) is 11.8 Å². The van der Waals surface area contributed by atoms with E-state index in [0.29, 0.717) is 22.9 Å². The first-order valence-electron chi connectivity index (χ1n) is 15.1. The van der Waals surface area contributed by atoms with Gasteiger partial charge in [-0.2, -0.15) is 9.97 Å². The van der Waals surface area contributed by atoms with Crippen LogP contribution in [0.15, 0.2) is 30.3 Å². The number of anilines is 3. The molecule has 0 amide bonds. The molecule has 1 aliphatic carbocycles. The molecule has 3 aliphatic rings. The largest absolute Gasteiger partial charge is 0.361 e. The van der Waals surface area contributed by atoms with Gasteiger partial charge in [0, 0.05) is 49.2 Å². The van der Waals surface area contributed by atoms with Gasteiger partial charge in [0.05, 0.1) is 0 Å². The quantitative estimate of drug-likeness (QED) is 0.358. The van der Waals surface area contributed by atoms with Crippen LogP contribution in [-0.4, -0.2) is 47.8 Å². The van der Waals surface area contributed by atoms with Crippen LogP contribution in [0.2, 0.25) is 5.02 Å². The molecule has 2 unspecified atom stereocenters. The van der Waals surface area contributed by atoms with E-state index in [1.54, 1.807) is 0 Å². The van der Waals surface area contributed by atoms with Gasteiger partial charge >= 0.3 is 0 Å². The van der Waals surface area contributed by atoms with Gasteiger partial charge in [0.2, 0.25) is 5.95 Å². The lowest BCUT2D eigenvalue weighted by molar-refractivity contribution is 0.292. The van der Waals surface area contributed by atoms with Crippen molar-refractivity contribution >= 4 is 46.5 Å². The van der Waals surface area contributed by atoms with Crippen molar-refractivity contribution in [3.8, 4) is 0 Å². The number of halogens is 1. The van der Waals surface area contributed by atoms with Crippen LogP contribution in [0.25, 0.3) is 0 Å². The third-order valence-electron chi connectivity index (χ3n) is 8.88. The van der Waals surface area contributed by atoms with Crippen LogP contribution in [0.1, 0.15) is 83.6 Å². The summed E-state index contributed by atoms with van der Waals surface area (Å²) in [4.78, 5) is 14.9. The number of nitrogens with one attached hydrogen (secondary N) is 2. The summed E-state index contributed by atoms with van der Waals surface area (Å²) in [6.45, 7) is 9.63. The Hall–Kier alpha value is -2.12. The Morgan fingerprint density at radius 2 is 1.56 bits per heavy atom. The van der Waals surface area contributed by atoms with E-state index < -0.39 is 0 Å². The Kier molecular flexibility index (Phi) is 9.49. The summed E-state index contributed by atoms with van der Waals surface area (Å²) < 4.78 is 0. The van der Waals surface area contributed by atoms with Gasteiger partial charge < -0.3 is 20.4 Å². The Morgan fingerprint density at radius 1 is 0.923 bits per heavy atom. The molecular formula is C31H45ClN6S. The second-order valence-electron chi connectivity index (χ2n) is 12.3. The molecule has 1 aromatic carbocycles. The molecule has 1 aromatic heterocycles. The van der Waals surface area contributed by atoms with E-state index in [2.05, 4.69) is 58.5 Å². The molecule has 3 heterocycles. The summed E-state index contributed by atoms with van der Waals surface area (Å²) in [6.07, 6.45) is 12.3. The highest BCUT2D eigenvalue weighted by Crippen LogP contribution is 2.40. The number of nitrogens with zero attached hydrogens (tertiary/aromatic N) is 4. The number of thiocarbonyl (C=S) groups is 1. The lowest BCUT2D eigenvalue weighted by Gasteiger charge is -2.38. The first-order valence-corrected chi connectivity index (χ1v) is 15.9. The van der Waals surface area contributed by atoms with Crippen LogP contribution in [0.5, 0.6) is 0 Å². The Morgan fingerprint density at radius 3 is 2.23 bits per heavy atom. The molecule has 212 valence electrons. The van der Waals surface area contributed by atoms with Crippen molar-refractivity contribution in [2.45, 2.75) is 83.5 Å². The number of piperidine rings is 1. The lowest BCUT2D eigenvalue weighted by atomic mass is 9.69. The summed E-state index contributed by atoms with van der Waals surface area (Å²) in [7, 11) is 0. The zero-order valence-corrected chi connectivity index (χ0v) is 25.3. The van der Waals surface area contributed by atoms with E-state index in [-0.39, 0.29) is 5.41 Å². The lowest BCUT2D eigenvalue weighted by Crippen LogP contribution is -2.44. The predicted molar refractivity (Wildman–Crippen MR) is 168 cm³/mol. The third kappa shape index (κ3) is 7.35. The molecule has 2 aliphatic heterocycles. The zero-order valence-electron chi connectivity index (χ0n) is 23.7. The van der Waals surface area contributed by atoms with Crippen molar-refractivity contribution in [3.63, 3.8) is 0 Å². The van der Waals surface area contributed by atoms with Crippen LogP contribution in [0.4, 0.5) is 17.6 Å². The van der Waals surface area contributed by atoms with Crippen LogP contribution in [-0.2, 0) is 5.41 Å². The standard InChI is InChI=1S/C31H45ClN6S/c1-23-17-24(2)21-38(20-23)28-19-27(37-15-8-3-4-9-16-37)34-29(35-28)36-30(39)33-22-31(13-6-5-7-14-31)25-11-10-12-26(32)18-25/h10-12,18-19,23-24H,3-9,13-17,20-22H2,1-2H3,(H2,33,34,35,36,39). The fourth-order valence-electron chi connectivity index (χ4n) is 6.96. The van der Waals surface area contributed by atoms with E-state index in [9.17, 15) is 0 Å². The second kappa shape index (κ2) is 13.0. The third-order valence-corrected chi connectivity index (χ3v) is 9.36. The molecule has 39 heavy (non-hydrogen) atoms. The van der Waals surface area contributed by atoms with E-state index in [1.165, 1.54) is 56.9 Å². The monoisotopic (exact) mass is 568 g/mol. The van der Waals surface area contributed by atoms with Crippen molar-refractivity contribution in [3.05, 3.63) is 40.9 Å². The van der Waals surface area contributed by atoms with Gasteiger partial charge in [-0.1, -0.05) is 69.7 Å². The van der Waals surface area contributed by atoms with Gasteiger partial charge in [-0.15, -0.1) is 0 Å². The fourth-order valence-corrected chi connectivity index (χ4v) is 7.32. The highest BCUT2D eigenvalue weighted by molar-refractivity contribution is 7.80. The highest BCUT2D eigenvalue weighted by Gasteiger charge is 2.34. The van der Waals surface area contributed by atoms with Crippen LogP contribution < -0.4 is 20.4 Å². The van der Waals surface area contributed by atoms with E-state index in [4.69, 9.17) is 33.8 Å². The van der Waals surface area contributed by atoms with E-state index >= 15 is 0 Å². The smallest absolute Gasteiger partial charge is 0.232 e. The summed E-state index contributed by atoms with van der Waals surface area (Å²) in [5.74, 6) is 3.93. The summed E-state index contributed by atoms with van der Waals surface area (Å²) in [5, 5.41) is 8.31. The summed E-state index contributed by atoms with van der Waals surface area (Å²) in [5.41, 5.74) is 1.34. The maximum absolute atomic E-state index is 6.40. The zero-order chi connectivity index (χ0) is 27.2. The maximum atomic E-state index is 6.40. The highest BCUT2D eigenvalue weighted by atomic mass is 35.5. The van der Waals surface area contributed by atoms with Gasteiger partial charge in [-0.05, 0) is 73.9 Å². The molecule has 5 rings (SSSR count). The molecule has 1 saturated carbocycles. The van der Waals surface area contributed by atoms with Crippen LogP contribution >= 0.6 is 23.8 Å². The number of aromatic nitrogens is 2. The van der Waals surface area contributed by atoms with Crippen molar-refractivity contribution in [2.75, 3.05) is 47.8 Å². The topological polar surface area (TPSA) is 56.3 Å². The molecule has 8 heteroatoms. The molecule has 2 atom stereocenters. The average molecular weight is 569 g/mol. The summed E-state index contributed by atoms with van der Waals surface area (Å²) >= 11 is 12.2. The average Bonchev–Trinajstić information content (AvgIpc) is 3.22. The summed E-state index contributed by atoms with van der Waals surface area (Å²) in [6, 6.07) is 10.6. The van der Waals surface area contributed by atoms with Crippen molar-refractivity contribution in [1.82, 2.24) is 15.3 Å². The van der Waals surface area contributed by atoms with Gasteiger partial charge in [0.25, 0.3) is 0 Å². The Labute approximate surface area is 245 Å². The number of hydrogen-bond donors (Lipinski definition) is 2. The van der Waals surface area contributed by atoms with Gasteiger partial charge in [0.1, 0.15) is 11.6 Å². The Balaban J connectivity index is 1.34. The number of hydrogen-bond acceptors (Lipinski definition) is 5. The second-order valence-corrected chi connectivity index (χ2v) is 13.2. The van der Waals surface area contributed by atoms with Crippen molar-refractivity contribution < 1.29 is 0 Å². The molecule has 0 radical (unpaired) electrons. The van der Waals surface area contributed by atoms with Crippen LogP contribution in [0, 0.1) is 11.8 Å². The van der Waals surface area contributed by atoms with Crippen molar-refractivity contribution in [1.29, 1.82) is 0 Å². The molecule has 6 nitrogen and oxygen atoms in total. The molecule has 0 bridgehead atoms.